The third kappa shape index (κ3) is 2.54. The van der Waals surface area contributed by atoms with E-state index in [1.54, 1.807) is 0 Å². The van der Waals surface area contributed by atoms with Gasteiger partial charge in [-0.05, 0) is 36.1 Å². The highest BCUT2D eigenvalue weighted by Crippen LogP contribution is 2.27. The van der Waals surface area contributed by atoms with Gasteiger partial charge in [0.1, 0.15) is 5.82 Å². The lowest BCUT2D eigenvalue weighted by Gasteiger charge is -2.15. The zero-order valence-corrected chi connectivity index (χ0v) is 11.3. The molecule has 0 bridgehead atoms. The van der Waals surface area contributed by atoms with Crippen LogP contribution in [0.4, 0.5) is 15.8 Å². The summed E-state index contributed by atoms with van der Waals surface area (Å²) >= 11 is 0. The zero-order valence-electron chi connectivity index (χ0n) is 11.3. The Bertz CT molecular complexity index is 690. The molecule has 0 aliphatic heterocycles. The summed E-state index contributed by atoms with van der Waals surface area (Å²) in [5.74, 6) is -1.70. The van der Waals surface area contributed by atoms with E-state index >= 15 is 0 Å². The van der Waals surface area contributed by atoms with Crippen LogP contribution in [-0.4, -0.2) is 17.1 Å². The number of carbonyl (C=O) groups is 1. The molecule has 21 heavy (non-hydrogen) atoms. The van der Waals surface area contributed by atoms with Gasteiger partial charge in [0.05, 0.1) is 11.3 Å². The van der Waals surface area contributed by atoms with Gasteiger partial charge < -0.3 is 16.2 Å². The van der Waals surface area contributed by atoms with Crippen LogP contribution in [0.25, 0.3) is 0 Å². The lowest BCUT2D eigenvalue weighted by Crippen LogP contribution is -2.20. The number of aromatic carboxylic acids is 1. The molecule has 0 saturated heterocycles. The van der Waals surface area contributed by atoms with Gasteiger partial charge in [0.15, 0.2) is 0 Å². The standard InChI is InChI=1S/C16H15FN2O2/c17-13-8-14(18)12(16(20)21)7-15(13)19-11-5-9-3-1-2-4-10(9)6-11/h1-4,7-8,11,19H,5-6,18H2,(H,20,21). The summed E-state index contributed by atoms with van der Waals surface area (Å²) in [5.41, 5.74) is 8.02. The highest BCUT2D eigenvalue weighted by atomic mass is 19.1. The number of hydrogen-bond donors (Lipinski definition) is 3. The highest BCUT2D eigenvalue weighted by molar-refractivity contribution is 5.94. The average molecular weight is 286 g/mol. The molecule has 0 fully saturated rings. The Labute approximate surface area is 121 Å². The Balaban J connectivity index is 1.83. The van der Waals surface area contributed by atoms with Crippen molar-refractivity contribution in [2.75, 3.05) is 11.1 Å². The van der Waals surface area contributed by atoms with Crippen LogP contribution >= 0.6 is 0 Å². The summed E-state index contributed by atoms with van der Waals surface area (Å²) in [6, 6.07) is 10.4. The topological polar surface area (TPSA) is 75.3 Å². The number of carboxylic acid groups (broad SMARTS) is 1. The normalized spacial score (nSPS) is 14.0. The van der Waals surface area contributed by atoms with Crippen LogP contribution in [0.1, 0.15) is 21.5 Å². The molecule has 0 radical (unpaired) electrons. The lowest BCUT2D eigenvalue weighted by atomic mass is 10.1. The molecule has 4 N–H and O–H groups in total. The van der Waals surface area contributed by atoms with Crippen molar-refractivity contribution in [2.24, 2.45) is 0 Å². The Hall–Kier alpha value is -2.56. The lowest BCUT2D eigenvalue weighted by molar-refractivity contribution is 0.0698. The number of fused-ring (bicyclic) bond motifs is 1. The van der Waals surface area contributed by atoms with Crippen LogP contribution < -0.4 is 11.1 Å². The minimum atomic E-state index is -1.16. The fourth-order valence-electron chi connectivity index (χ4n) is 2.77. The molecular weight excluding hydrogens is 271 g/mol. The number of benzene rings is 2. The molecule has 0 aromatic heterocycles. The van der Waals surface area contributed by atoms with E-state index in [0.717, 1.165) is 18.9 Å². The van der Waals surface area contributed by atoms with Crippen molar-refractivity contribution in [2.45, 2.75) is 18.9 Å². The molecule has 4 nitrogen and oxygen atoms in total. The van der Waals surface area contributed by atoms with Crippen molar-refractivity contribution in [1.29, 1.82) is 0 Å². The Morgan fingerprint density at radius 2 is 1.86 bits per heavy atom. The number of hydrogen-bond acceptors (Lipinski definition) is 3. The second-order valence-corrected chi connectivity index (χ2v) is 5.24. The quantitative estimate of drug-likeness (QED) is 0.758. The van der Waals surface area contributed by atoms with Crippen LogP contribution in [-0.2, 0) is 12.8 Å². The van der Waals surface area contributed by atoms with E-state index in [4.69, 9.17) is 10.8 Å². The van der Waals surface area contributed by atoms with Gasteiger partial charge in [-0.15, -0.1) is 0 Å². The predicted octanol–water partition coefficient (Wildman–Crippen LogP) is 2.69. The first-order valence-corrected chi connectivity index (χ1v) is 6.70. The van der Waals surface area contributed by atoms with Gasteiger partial charge in [-0.2, -0.15) is 0 Å². The van der Waals surface area contributed by atoms with Gasteiger partial charge in [-0.1, -0.05) is 24.3 Å². The molecule has 0 amide bonds. The van der Waals surface area contributed by atoms with Gasteiger partial charge in [0, 0.05) is 11.7 Å². The number of nitrogen functional groups attached to an aromatic ring is 1. The van der Waals surface area contributed by atoms with Crippen molar-refractivity contribution in [3.8, 4) is 0 Å². The maximum absolute atomic E-state index is 13.9. The summed E-state index contributed by atoms with van der Waals surface area (Å²) in [5, 5.41) is 12.1. The van der Waals surface area contributed by atoms with E-state index in [-0.39, 0.29) is 23.0 Å². The molecule has 0 heterocycles. The van der Waals surface area contributed by atoms with Gasteiger partial charge in [0.2, 0.25) is 0 Å². The number of halogens is 1. The van der Waals surface area contributed by atoms with Crippen LogP contribution in [0.5, 0.6) is 0 Å². The maximum atomic E-state index is 13.9. The predicted molar refractivity (Wildman–Crippen MR) is 79.0 cm³/mol. The van der Waals surface area contributed by atoms with Gasteiger partial charge in [-0.25, -0.2) is 9.18 Å². The number of anilines is 2. The molecule has 108 valence electrons. The zero-order chi connectivity index (χ0) is 15.0. The van der Waals surface area contributed by atoms with Crippen molar-refractivity contribution in [1.82, 2.24) is 0 Å². The van der Waals surface area contributed by atoms with Gasteiger partial charge in [0.25, 0.3) is 0 Å². The second kappa shape index (κ2) is 5.09. The van der Waals surface area contributed by atoms with E-state index in [9.17, 15) is 9.18 Å². The SMILES string of the molecule is Nc1cc(F)c(NC2Cc3ccccc3C2)cc1C(=O)O. The third-order valence-corrected chi connectivity index (χ3v) is 3.78. The summed E-state index contributed by atoms with van der Waals surface area (Å²) in [7, 11) is 0. The summed E-state index contributed by atoms with van der Waals surface area (Å²) in [4.78, 5) is 11.1. The molecule has 5 heteroatoms. The van der Waals surface area contributed by atoms with Gasteiger partial charge in [-0.3, -0.25) is 0 Å². The van der Waals surface area contributed by atoms with E-state index in [1.165, 1.54) is 17.2 Å². The van der Waals surface area contributed by atoms with Gasteiger partial charge >= 0.3 is 5.97 Å². The maximum Gasteiger partial charge on any atom is 0.337 e. The van der Waals surface area contributed by atoms with E-state index in [1.807, 2.05) is 12.1 Å². The van der Waals surface area contributed by atoms with Crippen LogP contribution in [0.2, 0.25) is 0 Å². The monoisotopic (exact) mass is 286 g/mol. The van der Waals surface area contributed by atoms with E-state index in [2.05, 4.69) is 17.4 Å². The molecule has 0 atom stereocenters. The summed E-state index contributed by atoms with van der Waals surface area (Å²) in [6.45, 7) is 0. The third-order valence-electron chi connectivity index (χ3n) is 3.78. The van der Waals surface area contributed by atoms with E-state index in [0.29, 0.717) is 0 Å². The molecule has 0 unspecified atom stereocenters. The van der Waals surface area contributed by atoms with Crippen LogP contribution in [0.15, 0.2) is 36.4 Å². The molecule has 1 aliphatic carbocycles. The fraction of sp³-hybridized carbons (Fsp3) is 0.188. The summed E-state index contributed by atoms with van der Waals surface area (Å²) < 4.78 is 13.9. The first-order chi connectivity index (χ1) is 10.0. The highest BCUT2D eigenvalue weighted by Gasteiger charge is 2.22. The Morgan fingerprint density at radius 1 is 1.24 bits per heavy atom. The number of nitrogens with one attached hydrogen (secondary N) is 1. The van der Waals surface area contributed by atoms with Crippen LogP contribution in [0, 0.1) is 5.82 Å². The number of nitrogens with two attached hydrogens (primary N) is 1. The second-order valence-electron chi connectivity index (χ2n) is 5.24. The smallest absolute Gasteiger partial charge is 0.337 e. The molecule has 3 rings (SSSR count). The number of carboxylic acids is 1. The molecule has 0 spiro atoms. The average Bonchev–Trinajstić information content (AvgIpc) is 2.83. The van der Waals surface area contributed by atoms with Crippen LogP contribution in [0.3, 0.4) is 0 Å². The molecule has 1 aliphatic rings. The minimum Gasteiger partial charge on any atom is -0.478 e. The first-order valence-electron chi connectivity index (χ1n) is 6.70. The minimum absolute atomic E-state index is 0.0576. The van der Waals surface area contributed by atoms with Crippen molar-refractivity contribution < 1.29 is 14.3 Å². The molecule has 2 aromatic carbocycles. The molecule has 2 aromatic rings. The summed E-state index contributed by atoms with van der Waals surface area (Å²) in [6.07, 6.45) is 1.59. The molecular formula is C16H15FN2O2. The van der Waals surface area contributed by atoms with Crippen molar-refractivity contribution >= 4 is 17.3 Å². The van der Waals surface area contributed by atoms with Crippen molar-refractivity contribution in [3.05, 3.63) is 58.9 Å². The van der Waals surface area contributed by atoms with E-state index < -0.39 is 11.8 Å². The number of rotatable bonds is 3. The molecule has 0 saturated carbocycles. The largest absolute Gasteiger partial charge is 0.478 e. The fourth-order valence-corrected chi connectivity index (χ4v) is 2.77. The first kappa shape index (κ1) is 13.4. The van der Waals surface area contributed by atoms with Crippen molar-refractivity contribution in [3.63, 3.8) is 0 Å². The Morgan fingerprint density at radius 3 is 2.43 bits per heavy atom. The Kier molecular flexibility index (Phi) is 3.25.